The molecule has 2 heterocycles. The van der Waals surface area contributed by atoms with Gasteiger partial charge in [-0.2, -0.15) is 0 Å². The van der Waals surface area contributed by atoms with Crippen LogP contribution in [0.3, 0.4) is 0 Å². The minimum absolute atomic E-state index is 0.00663. The smallest absolute Gasteiger partial charge is 0.336 e. The molecule has 16 nitrogen and oxygen atoms in total. The number of rotatable bonds is 19. The molecule has 62 heavy (non-hydrogen) atoms. The van der Waals surface area contributed by atoms with Crippen LogP contribution in [0.4, 0.5) is 4.79 Å². The number of nitrogens with one attached hydrogen (secondary N) is 7. The van der Waals surface area contributed by atoms with E-state index in [1.54, 1.807) is 6.20 Å². The fourth-order valence-electron chi connectivity index (χ4n) is 8.04. The van der Waals surface area contributed by atoms with Crippen molar-refractivity contribution in [2.45, 2.75) is 94.8 Å². The van der Waals surface area contributed by atoms with Gasteiger partial charge in [-0.15, -0.1) is 0 Å². The molecule has 5 aromatic rings. The van der Waals surface area contributed by atoms with Gasteiger partial charge in [0.25, 0.3) is 5.91 Å². The SMILES string of the molecule is CN(NC(=O)[C@@H](Cc1c[nH]c2ccccc12)NC(=O)C1CCCCC1)C(=O)N[C@@H](Cc1c[nH]c2ccccc12)C(=O)N[C@H](Cc1ccccc1)C(=O)N[C@@H](CCCCN)C(N)=O. The highest BCUT2D eigenvalue weighted by molar-refractivity contribution is 5.95. The lowest BCUT2D eigenvalue weighted by Gasteiger charge is -2.28. The Bertz CT molecular complexity index is 2320. The van der Waals surface area contributed by atoms with Gasteiger partial charge >= 0.3 is 6.03 Å². The van der Waals surface area contributed by atoms with Crippen LogP contribution >= 0.6 is 0 Å². The van der Waals surface area contributed by atoms with Gasteiger partial charge in [-0.1, -0.05) is 86.0 Å². The second kappa shape index (κ2) is 21.7. The zero-order valence-corrected chi connectivity index (χ0v) is 35.1. The summed E-state index contributed by atoms with van der Waals surface area (Å²) in [5, 5.41) is 13.9. The molecule has 11 N–H and O–H groups in total. The number of hydrogen-bond acceptors (Lipinski definition) is 7. The van der Waals surface area contributed by atoms with E-state index in [2.05, 4.69) is 36.7 Å². The van der Waals surface area contributed by atoms with Gasteiger partial charge in [0.05, 0.1) is 0 Å². The molecule has 1 aliphatic carbocycles. The zero-order valence-electron chi connectivity index (χ0n) is 35.1. The Labute approximate surface area is 360 Å². The van der Waals surface area contributed by atoms with E-state index in [0.29, 0.717) is 19.4 Å². The number of aromatic nitrogens is 2. The van der Waals surface area contributed by atoms with E-state index in [1.807, 2.05) is 85.1 Å². The van der Waals surface area contributed by atoms with Gasteiger partial charge in [0.1, 0.15) is 24.2 Å². The summed E-state index contributed by atoms with van der Waals surface area (Å²) in [4.78, 5) is 88.6. The second-order valence-electron chi connectivity index (χ2n) is 16.1. The molecule has 1 fully saturated rings. The highest BCUT2D eigenvalue weighted by atomic mass is 16.2. The number of primary amides is 1. The first-order chi connectivity index (χ1) is 30.0. The monoisotopic (exact) mass is 846 g/mol. The number of hydrogen-bond donors (Lipinski definition) is 9. The summed E-state index contributed by atoms with van der Waals surface area (Å²) in [7, 11) is 1.35. The van der Waals surface area contributed by atoms with Crippen LogP contribution in [-0.4, -0.2) is 88.3 Å². The molecule has 2 aromatic heterocycles. The minimum atomic E-state index is -1.25. The molecule has 1 saturated carbocycles. The molecule has 4 atom stereocenters. The Morgan fingerprint density at radius 1 is 0.645 bits per heavy atom. The summed E-state index contributed by atoms with van der Waals surface area (Å²) in [6.07, 6.45) is 9.67. The number of unbranched alkanes of at least 4 members (excludes halogenated alkanes) is 1. The molecule has 6 rings (SSSR count). The van der Waals surface area contributed by atoms with Crippen LogP contribution in [0, 0.1) is 5.92 Å². The molecule has 0 saturated heterocycles. The largest absolute Gasteiger partial charge is 0.368 e. The third kappa shape index (κ3) is 12.0. The van der Waals surface area contributed by atoms with E-state index >= 15 is 0 Å². The highest BCUT2D eigenvalue weighted by Crippen LogP contribution is 2.25. The van der Waals surface area contributed by atoms with Crippen LogP contribution in [0.5, 0.6) is 0 Å². The van der Waals surface area contributed by atoms with E-state index in [1.165, 1.54) is 7.05 Å². The van der Waals surface area contributed by atoms with E-state index in [0.717, 1.165) is 75.6 Å². The summed E-state index contributed by atoms with van der Waals surface area (Å²) < 4.78 is 0. The van der Waals surface area contributed by atoms with Crippen molar-refractivity contribution in [1.29, 1.82) is 0 Å². The first-order valence-electron chi connectivity index (χ1n) is 21.4. The third-order valence-electron chi connectivity index (χ3n) is 11.5. The molecule has 328 valence electrons. The van der Waals surface area contributed by atoms with Crippen LogP contribution in [0.25, 0.3) is 21.8 Å². The fourth-order valence-corrected chi connectivity index (χ4v) is 8.04. The number of urea groups is 1. The van der Waals surface area contributed by atoms with Crippen LogP contribution in [-0.2, 0) is 43.2 Å². The second-order valence-corrected chi connectivity index (χ2v) is 16.1. The minimum Gasteiger partial charge on any atom is -0.368 e. The average molecular weight is 847 g/mol. The average Bonchev–Trinajstić information content (AvgIpc) is 3.89. The summed E-state index contributed by atoms with van der Waals surface area (Å²) >= 11 is 0. The molecule has 0 spiro atoms. The van der Waals surface area contributed by atoms with Gasteiger partial charge in [0, 0.05) is 66.4 Å². The molecule has 0 unspecified atom stereocenters. The Morgan fingerprint density at radius 2 is 1.18 bits per heavy atom. The number of para-hydroxylation sites is 2. The van der Waals surface area contributed by atoms with Crippen molar-refractivity contribution in [3.05, 3.63) is 108 Å². The molecular formula is C46H58N10O6. The highest BCUT2D eigenvalue weighted by Gasteiger charge is 2.32. The molecular weight excluding hydrogens is 789 g/mol. The van der Waals surface area contributed by atoms with E-state index < -0.39 is 53.8 Å². The summed E-state index contributed by atoms with van der Waals surface area (Å²) in [5.74, 6) is -3.07. The van der Waals surface area contributed by atoms with Crippen LogP contribution in [0.2, 0.25) is 0 Å². The normalized spacial score (nSPS) is 14.9. The number of amides is 7. The van der Waals surface area contributed by atoms with Gasteiger partial charge in [-0.25, -0.2) is 9.80 Å². The van der Waals surface area contributed by atoms with E-state index in [-0.39, 0.29) is 37.5 Å². The zero-order chi connectivity index (χ0) is 44.0. The first kappa shape index (κ1) is 44.9. The molecule has 0 bridgehead atoms. The number of fused-ring (bicyclic) bond motifs is 2. The number of carbonyl (C=O) groups excluding carboxylic acids is 6. The molecule has 16 heteroatoms. The van der Waals surface area contributed by atoms with Gasteiger partial charge < -0.3 is 42.7 Å². The quantitative estimate of drug-likeness (QED) is 0.0443. The van der Waals surface area contributed by atoms with Gasteiger partial charge in [-0.05, 0) is 67.5 Å². The van der Waals surface area contributed by atoms with Crippen molar-refractivity contribution in [1.82, 2.24) is 41.7 Å². The maximum atomic E-state index is 14.4. The Kier molecular flexibility index (Phi) is 15.7. The predicted molar refractivity (Wildman–Crippen MR) is 237 cm³/mol. The Morgan fingerprint density at radius 3 is 1.76 bits per heavy atom. The van der Waals surface area contributed by atoms with Crippen molar-refractivity contribution in [3.8, 4) is 0 Å². The third-order valence-corrected chi connectivity index (χ3v) is 11.5. The van der Waals surface area contributed by atoms with Crippen molar-refractivity contribution in [3.63, 3.8) is 0 Å². The number of nitrogens with zero attached hydrogens (tertiary/aromatic N) is 1. The van der Waals surface area contributed by atoms with Crippen LogP contribution in [0.1, 0.15) is 68.1 Å². The van der Waals surface area contributed by atoms with Crippen molar-refractivity contribution < 1.29 is 28.8 Å². The number of nitrogens with two attached hydrogens (primary N) is 2. The number of hydrazine groups is 1. The summed E-state index contributed by atoms with van der Waals surface area (Å²) in [5.41, 5.74) is 17.9. The standard InChI is InChI=1S/C46H58N10O6/c1-56(55-45(61)40(52-42(58)30-16-6-3-7-17-30)26-32-28-50-36-21-11-9-19-34(32)36)46(62)54-39(25-31-27-49-35-20-10-8-18-33(31)35)44(60)53-38(24-29-14-4-2-5-15-29)43(59)51-37(41(48)57)22-12-13-23-47/h2,4-5,8-11,14-15,18-21,27-28,30,37-40,49-50H,3,6-7,12-13,16-17,22-26,47H2,1H3,(H2,48,57)(H,51,59)(H,52,58)(H,53,60)(H,54,62)(H,55,61)/t37-,38+,39-,40+/m0/s1. The fraction of sp³-hybridized carbons (Fsp3) is 0.391. The number of H-pyrrole nitrogens is 2. The first-order valence-corrected chi connectivity index (χ1v) is 21.4. The maximum absolute atomic E-state index is 14.4. The lowest BCUT2D eigenvalue weighted by molar-refractivity contribution is -0.133. The number of aromatic amines is 2. The topological polar surface area (TPSA) is 249 Å². The van der Waals surface area contributed by atoms with Crippen molar-refractivity contribution in [2.24, 2.45) is 17.4 Å². The van der Waals surface area contributed by atoms with E-state index in [4.69, 9.17) is 11.5 Å². The Balaban J connectivity index is 1.21. The van der Waals surface area contributed by atoms with Crippen molar-refractivity contribution in [2.75, 3.05) is 13.6 Å². The summed E-state index contributed by atoms with van der Waals surface area (Å²) in [6, 6.07) is 19.0. The van der Waals surface area contributed by atoms with Gasteiger partial charge in [0.2, 0.25) is 23.6 Å². The lowest BCUT2D eigenvalue weighted by atomic mass is 9.88. The molecule has 3 aromatic carbocycles. The molecule has 0 aliphatic heterocycles. The summed E-state index contributed by atoms with van der Waals surface area (Å²) in [6.45, 7) is 0.414. The molecule has 7 amide bonds. The lowest BCUT2D eigenvalue weighted by Crippen LogP contribution is -2.60. The molecule has 0 radical (unpaired) electrons. The number of benzene rings is 3. The van der Waals surface area contributed by atoms with Crippen LogP contribution < -0.4 is 38.2 Å². The van der Waals surface area contributed by atoms with Crippen LogP contribution in [0.15, 0.2) is 91.3 Å². The number of carbonyl (C=O) groups is 6. The molecule has 1 aliphatic rings. The van der Waals surface area contributed by atoms with Gasteiger partial charge in [-0.3, -0.25) is 29.4 Å². The van der Waals surface area contributed by atoms with Gasteiger partial charge in [0.15, 0.2) is 0 Å². The Hall–Kier alpha value is -6.68. The maximum Gasteiger partial charge on any atom is 0.336 e. The van der Waals surface area contributed by atoms with Crippen molar-refractivity contribution >= 4 is 57.4 Å². The predicted octanol–water partition coefficient (Wildman–Crippen LogP) is 3.37. The van der Waals surface area contributed by atoms with E-state index in [9.17, 15) is 28.8 Å².